The van der Waals surface area contributed by atoms with Gasteiger partial charge in [-0.3, -0.25) is 9.80 Å². The van der Waals surface area contributed by atoms with E-state index in [-0.39, 0.29) is 0 Å². The van der Waals surface area contributed by atoms with Crippen molar-refractivity contribution < 1.29 is 0 Å². The van der Waals surface area contributed by atoms with Crippen LogP contribution in [0.4, 0.5) is 34.4 Å². The highest BCUT2D eigenvalue weighted by Gasteiger charge is 2.27. The molecule has 12 aromatic rings. The van der Waals surface area contributed by atoms with E-state index in [0.717, 1.165) is 34.4 Å². The molecule has 0 bridgehead atoms. The zero-order valence-corrected chi connectivity index (χ0v) is 31.8. The third kappa shape index (κ3) is 5.00. The van der Waals surface area contributed by atoms with E-state index < -0.39 is 0 Å². The van der Waals surface area contributed by atoms with Crippen molar-refractivity contribution in [3.8, 4) is 0 Å². The Morgan fingerprint density at radius 1 is 0.293 bits per heavy atom. The van der Waals surface area contributed by atoms with Crippen LogP contribution >= 0.6 is 0 Å². The number of hydrogen-bond donors (Lipinski definition) is 0. The van der Waals surface area contributed by atoms with E-state index in [9.17, 15) is 0 Å². The Morgan fingerprint density at radius 3 is 1.09 bits per heavy atom. The van der Waals surface area contributed by atoms with Gasteiger partial charge in [-0.1, -0.05) is 164 Å². The SMILES string of the molecule is c1ccc(Cn2c(N(c3ccccc3)c3ccc4ccc5cccc6ccc3c4c56)ccc2N(c2ccccc2)c2ccc3ccc4cccc5ccc2c3c45)cc1. The molecule has 3 heteroatoms. The molecule has 0 radical (unpaired) electrons. The standard InChI is InChI=1S/C55H37N3/c1-4-12-37(13-5-1)36-56-50(57(44-18-6-2-7-19-44)48-32-28-42-24-22-38-14-10-16-40-26-30-46(48)54(42)52(38)40)34-35-51(56)58(45-20-8-3-9-21-45)49-33-29-43-25-23-39-15-11-17-41-27-31-47(49)55(43)53(39)41/h1-35H,36H2. The summed E-state index contributed by atoms with van der Waals surface area (Å²) in [6.45, 7) is 0.669. The Bertz CT molecular complexity index is 3180. The summed E-state index contributed by atoms with van der Waals surface area (Å²) in [6.07, 6.45) is 0. The first-order valence-electron chi connectivity index (χ1n) is 20.1. The number of para-hydroxylation sites is 2. The van der Waals surface area contributed by atoms with E-state index in [4.69, 9.17) is 0 Å². The molecule has 0 fully saturated rings. The highest BCUT2D eigenvalue weighted by Crippen LogP contribution is 2.48. The quantitative estimate of drug-likeness (QED) is 0.144. The lowest BCUT2D eigenvalue weighted by molar-refractivity contribution is 0.799. The highest BCUT2D eigenvalue weighted by molar-refractivity contribution is 6.27. The maximum absolute atomic E-state index is 2.51. The molecule has 0 unspecified atom stereocenters. The van der Waals surface area contributed by atoms with Gasteiger partial charge < -0.3 is 4.57 Å². The smallest absolute Gasteiger partial charge is 0.119 e. The van der Waals surface area contributed by atoms with E-state index >= 15 is 0 Å². The number of hydrogen-bond acceptors (Lipinski definition) is 2. The van der Waals surface area contributed by atoms with Crippen LogP contribution in [0.15, 0.2) is 212 Å². The van der Waals surface area contributed by atoms with Crippen LogP contribution in [-0.2, 0) is 6.54 Å². The fraction of sp³-hybridized carbons (Fsp3) is 0.0182. The monoisotopic (exact) mass is 739 g/mol. The first-order chi connectivity index (χ1) is 28.8. The van der Waals surface area contributed by atoms with Crippen molar-refractivity contribution in [2.24, 2.45) is 0 Å². The second-order valence-corrected chi connectivity index (χ2v) is 15.3. The number of rotatable bonds is 8. The molecule has 58 heavy (non-hydrogen) atoms. The van der Waals surface area contributed by atoms with Gasteiger partial charge in [-0.05, 0) is 108 Å². The molecule has 12 rings (SSSR count). The van der Waals surface area contributed by atoms with Crippen molar-refractivity contribution in [2.75, 3.05) is 9.80 Å². The van der Waals surface area contributed by atoms with Gasteiger partial charge in [-0.2, -0.15) is 0 Å². The third-order valence-electron chi connectivity index (χ3n) is 12.1. The minimum atomic E-state index is 0.669. The summed E-state index contributed by atoms with van der Waals surface area (Å²) in [5.41, 5.74) is 5.72. The lowest BCUT2D eigenvalue weighted by Crippen LogP contribution is -2.20. The average Bonchev–Trinajstić information content (AvgIpc) is 3.68. The number of aromatic nitrogens is 1. The fourth-order valence-corrected chi connectivity index (χ4v) is 9.54. The Kier molecular flexibility index (Phi) is 7.29. The summed E-state index contributed by atoms with van der Waals surface area (Å²) < 4.78 is 2.51. The Labute approximate surface area is 336 Å². The second kappa shape index (κ2) is 13.0. The van der Waals surface area contributed by atoms with E-state index in [0.29, 0.717) is 6.54 Å². The van der Waals surface area contributed by atoms with Gasteiger partial charge >= 0.3 is 0 Å². The highest BCUT2D eigenvalue weighted by atomic mass is 15.3. The van der Waals surface area contributed by atoms with E-state index in [2.05, 4.69) is 227 Å². The Balaban J connectivity index is 1.15. The minimum Gasteiger partial charge on any atom is -0.309 e. The molecular formula is C55H37N3. The fourth-order valence-electron chi connectivity index (χ4n) is 9.54. The molecular weight excluding hydrogens is 703 g/mol. The van der Waals surface area contributed by atoms with Crippen molar-refractivity contribution in [1.82, 2.24) is 4.57 Å². The zero-order chi connectivity index (χ0) is 38.2. The number of anilines is 6. The van der Waals surface area contributed by atoms with Gasteiger partial charge in [0.2, 0.25) is 0 Å². The van der Waals surface area contributed by atoms with Gasteiger partial charge in [0.25, 0.3) is 0 Å². The van der Waals surface area contributed by atoms with Crippen LogP contribution in [0.3, 0.4) is 0 Å². The van der Waals surface area contributed by atoms with Crippen molar-refractivity contribution in [3.05, 3.63) is 218 Å². The van der Waals surface area contributed by atoms with Gasteiger partial charge in [0.05, 0.1) is 17.9 Å². The lowest BCUT2D eigenvalue weighted by atomic mass is 9.93. The molecule has 1 aromatic heterocycles. The summed E-state index contributed by atoms with van der Waals surface area (Å²) in [7, 11) is 0. The van der Waals surface area contributed by atoms with Crippen molar-refractivity contribution in [3.63, 3.8) is 0 Å². The maximum Gasteiger partial charge on any atom is 0.119 e. The molecule has 0 N–H and O–H groups in total. The zero-order valence-electron chi connectivity index (χ0n) is 31.8. The van der Waals surface area contributed by atoms with Crippen LogP contribution in [-0.4, -0.2) is 4.57 Å². The van der Waals surface area contributed by atoms with Crippen LogP contribution in [0.5, 0.6) is 0 Å². The molecule has 0 atom stereocenters. The number of nitrogens with zero attached hydrogens (tertiary/aromatic N) is 3. The summed E-state index contributed by atoms with van der Waals surface area (Å²) >= 11 is 0. The van der Waals surface area contributed by atoms with Gasteiger partial charge in [0, 0.05) is 22.1 Å². The van der Waals surface area contributed by atoms with Gasteiger partial charge in [-0.25, -0.2) is 0 Å². The molecule has 0 aliphatic heterocycles. The molecule has 3 nitrogen and oxygen atoms in total. The maximum atomic E-state index is 2.51. The van der Waals surface area contributed by atoms with E-state index in [1.54, 1.807) is 0 Å². The topological polar surface area (TPSA) is 11.4 Å². The molecule has 0 aliphatic rings. The van der Waals surface area contributed by atoms with Crippen LogP contribution in [0.25, 0.3) is 64.6 Å². The summed E-state index contributed by atoms with van der Waals surface area (Å²) in [5.74, 6) is 2.16. The first kappa shape index (κ1) is 32.6. The normalized spacial score (nSPS) is 11.9. The van der Waals surface area contributed by atoms with Crippen LogP contribution in [0.1, 0.15) is 5.56 Å². The number of benzene rings is 11. The van der Waals surface area contributed by atoms with Crippen LogP contribution in [0, 0.1) is 0 Å². The second-order valence-electron chi connectivity index (χ2n) is 15.3. The van der Waals surface area contributed by atoms with Crippen LogP contribution in [0.2, 0.25) is 0 Å². The van der Waals surface area contributed by atoms with Crippen molar-refractivity contribution in [2.45, 2.75) is 6.54 Å². The summed E-state index contributed by atoms with van der Waals surface area (Å²) in [6, 6.07) is 77.9. The summed E-state index contributed by atoms with van der Waals surface area (Å²) in [5, 5.41) is 15.3. The predicted octanol–water partition coefficient (Wildman–Crippen LogP) is 15.3. The van der Waals surface area contributed by atoms with Gasteiger partial charge in [0.1, 0.15) is 11.6 Å². The van der Waals surface area contributed by atoms with Crippen molar-refractivity contribution in [1.29, 1.82) is 0 Å². The molecule has 0 saturated heterocycles. The molecule has 1 heterocycles. The van der Waals surface area contributed by atoms with E-state index in [1.807, 2.05) is 0 Å². The minimum absolute atomic E-state index is 0.669. The molecule has 272 valence electrons. The first-order valence-corrected chi connectivity index (χ1v) is 20.1. The Hall–Kier alpha value is -7.62. The summed E-state index contributed by atoms with van der Waals surface area (Å²) in [4.78, 5) is 4.93. The van der Waals surface area contributed by atoms with Crippen molar-refractivity contribution >= 4 is 99.0 Å². The average molecular weight is 740 g/mol. The van der Waals surface area contributed by atoms with E-state index in [1.165, 1.54) is 70.2 Å². The third-order valence-corrected chi connectivity index (χ3v) is 12.1. The predicted molar refractivity (Wildman–Crippen MR) is 247 cm³/mol. The lowest BCUT2D eigenvalue weighted by Gasteiger charge is -2.32. The van der Waals surface area contributed by atoms with Gasteiger partial charge in [0.15, 0.2) is 0 Å². The molecule has 11 aromatic carbocycles. The molecule has 0 spiro atoms. The molecule has 0 amide bonds. The van der Waals surface area contributed by atoms with Crippen LogP contribution < -0.4 is 9.80 Å². The molecule has 0 aliphatic carbocycles. The van der Waals surface area contributed by atoms with Gasteiger partial charge in [-0.15, -0.1) is 0 Å². The largest absolute Gasteiger partial charge is 0.309 e. The molecule has 0 saturated carbocycles. The Morgan fingerprint density at radius 2 is 0.655 bits per heavy atom.